The van der Waals surface area contributed by atoms with E-state index in [4.69, 9.17) is 11.6 Å². The number of hydrogen-bond donors (Lipinski definition) is 1. The first-order valence-corrected chi connectivity index (χ1v) is 8.28. The third-order valence-corrected chi connectivity index (χ3v) is 4.31. The number of nitrogens with zero attached hydrogens (tertiary/aromatic N) is 2. The van der Waals surface area contributed by atoms with Crippen LogP contribution in [0.15, 0.2) is 65.8 Å². The van der Waals surface area contributed by atoms with Crippen LogP contribution in [-0.4, -0.2) is 16.7 Å². The summed E-state index contributed by atoms with van der Waals surface area (Å²) in [5.41, 5.74) is 6.79. The standard InChI is InChI=1S/C20H18ClN3O/c1-14-12-18(15(2)24(14)17-9-4-3-5-10-17)20(25)23-22-13-16-8-6-7-11-19(16)21/h3-13H,1-2H3,(H,23,25)/b22-13+. The Bertz CT molecular complexity index is 929. The Labute approximate surface area is 151 Å². The molecule has 0 aliphatic rings. The maximum Gasteiger partial charge on any atom is 0.273 e. The van der Waals surface area contributed by atoms with Gasteiger partial charge < -0.3 is 4.57 Å². The van der Waals surface area contributed by atoms with Crippen LogP contribution in [-0.2, 0) is 0 Å². The van der Waals surface area contributed by atoms with Gasteiger partial charge in [-0.15, -0.1) is 0 Å². The van der Waals surface area contributed by atoms with Crippen molar-refractivity contribution in [3.63, 3.8) is 0 Å². The average Bonchev–Trinajstić information content (AvgIpc) is 2.92. The second-order valence-corrected chi connectivity index (χ2v) is 6.08. The summed E-state index contributed by atoms with van der Waals surface area (Å²) in [6, 6.07) is 19.1. The maximum absolute atomic E-state index is 12.5. The van der Waals surface area contributed by atoms with Crippen LogP contribution in [0.5, 0.6) is 0 Å². The summed E-state index contributed by atoms with van der Waals surface area (Å²) in [5, 5.41) is 4.60. The number of hydrazone groups is 1. The number of aryl methyl sites for hydroxylation is 1. The van der Waals surface area contributed by atoms with Crippen LogP contribution in [0.1, 0.15) is 27.3 Å². The molecule has 1 aromatic heterocycles. The molecule has 0 radical (unpaired) electrons. The predicted octanol–water partition coefficient (Wildman–Crippen LogP) is 4.51. The first-order valence-electron chi connectivity index (χ1n) is 7.90. The van der Waals surface area contributed by atoms with Gasteiger partial charge in [0.2, 0.25) is 0 Å². The van der Waals surface area contributed by atoms with Crippen molar-refractivity contribution in [1.82, 2.24) is 9.99 Å². The van der Waals surface area contributed by atoms with Gasteiger partial charge >= 0.3 is 0 Å². The first kappa shape index (κ1) is 17.0. The molecule has 1 heterocycles. The molecular formula is C20H18ClN3O. The zero-order chi connectivity index (χ0) is 17.8. The summed E-state index contributed by atoms with van der Waals surface area (Å²) in [4.78, 5) is 12.5. The van der Waals surface area contributed by atoms with Crippen LogP contribution < -0.4 is 5.43 Å². The summed E-state index contributed by atoms with van der Waals surface area (Å²) < 4.78 is 2.05. The zero-order valence-corrected chi connectivity index (χ0v) is 14.8. The number of benzene rings is 2. The number of halogens is 1. The molecule has 3 aromatic rings. The number of hydrogen-bond acceptors (Lipinski definition) is 2. The van der Waals surface area contributed by atoms with Crippen molar-refractivity contribution in [1.29, 1.82) is 0 Å². The summed E-state index contributed by atoms with van der Waals surface area (Å²) in [6.45, 7) is 3.90. The minimum atomic E-state index is -0.251. The summed E-state index contributed by atoms with van der Waals surface area (Å²) in [7, 11) is 0. The normalized spacial score (nSPS) is 11.0. The second-order valence-electron chi connectivity index (χ2n) is 5.68. The van der Waals surface area contributed by atoms with Crippen molar-refractivity contribution in [3.8, 4) is 5.69 Å². The van der Waals surface area contributed by atoms with E-state index in [0.29, 0.717) is 10.6 Å². The van der Waals surface area contributed by atoms with E-state index < -0.39 is 0 Å². The lowest BCUT2D eigenvalue weighted by atomic mass is 10.2. The zero-order valence-electron chi connectivity index (χ0n) is 14.0. The van der Waals surface area contributed by atoms with Gasteiger partial charge in [-0.25, -0.2) is 5.43 Å². The highest BCUT2D eigenvalue weighted by Crippen LogP contribution is 2.20. The summed E-state index contributed by atoms with van der Waals surface area (Å²) in [6.07, 6.45) is 1.54. The van der Waals surface area contributed by atoms with Gasteiger partial charge in [0.05, 0.1) is 11.8 Å². The van der Waals surface area contributed by atoms with Gasteiger partial charge in [0.15, 0.2) is 0 Å². The fourth-order valence-corrected chi connectivity index (χ4v) is 2.95. The second kappa shape index (κ2) is 7.36. The molecule has 0 aliphatic carbocycles. The number of carbonyl (C=O) groups excluding carboxylic acids is 1. The molecular weight excluding hydrogens is 334 g/mol. The molecule has 0 atom stereocenters. The monoisotopic (exact) mass is 351 g/mol. The predicted molar refractivity (Wildman–Crippen MR) is 102 cm³/mol. The van der Waals surface area contributed by atoms with E-state index in [1.807, 2.05) is 73.0 Å². The lowest BCUT2D eigenvalue weighted by Crippen LogP contribution is -2.18. The van der Waals surface area contributed by atoms with E-state index in [9.17, 15) is 4.79 Å². The van der Waals surface area contributed by atoms with Gasteiger partial charge in [-0.3, -0.25) is 4.79 Å². The van der Waals surface area contributed by atoms with Crippen LogP contribution in [0.3, 0.4) is 0 Å². The Morgan fingerprint density at radius 1 is 1.08 bits per heavy atom. The quantitative estimate of drug-likeness (QED) is 0.545. The summed E-state index contributed by atoms with van der Waals surface area (Å²) in [5.74, 6) is -0.251. The molecule has 126 valence electrons. The minimum absolute atomic E-state index is 0.251. The Kier molecular flexibility index (Phi) is 5.00. The number of para-hydroxylation sites is 1. The largest absolute Gasteiger partial charge is 0.318 e. The third-order valence-electron chi connectivity index (χ3n) is 3.97. The van der Waals surface area contributed by atoms with Crippen LogP contribution in [0, 0.1) is 13.8 Å². The number of rotatable bonds is 4. The van der Waals surface area contributed by atoms with Gasteiger partial charge in [0.1, 0.15) is 0 Å². The Hall–Kier alpha value is -2.85. The molecule has 0 bridgehead atoms. The highest BCUT2D eigenvalue weighted by molar-refractivity contribution is 6.33. The van der Waals surface area contributed by atoms with E-state index in [-0.39, 0.29) is 5.91 Å². The van der Waals surface area contributed by atoms with Crippen molar-refractivity contribution in [2.24, 2.45) is 5.10 Å². The van der Waals surface area contributed by atoms with Crippen molar-refractivity contribution >= 4 is 23.7 Å². The molecule has 2 aromatic carbocycles. The number of aromatic nitrogens is 1. The molecule has 0 unspecified atom stereocenters. The molecule has 5 heteroatoms. The van der Waals surface area contributed by atoms with Gasteiger partial charge in [-0.2, -0.15) is 5.10 Å². The maximum atomic E-state index is 12.5. The molecule has 1 amide bonds. The fourth-order valence-electron chi connectivity index (χ4n) is 2.77. The summed E-state index contributed by atoms with van der Waals surface area (Å²) >= 11 is 6.07. The molecule has 0 aliphatic heterocycles. The Balaban J connectivity index is 1.81. The number of amides is 1. The molecule has 1 N–H and O–H groups in total. The third kappa shape index (κ3) is 3.64. The molecule has 0 saturated carbocycles. The van der Waals surface area contributed by atoms with Crippen molar-refractivity contribution in [3.05, 3.63) is 88.2 Å². The number of carbonyl (C=O) groups is 1. The van der Waals surface area contributed by atoms with E-state index in [1.165, 1.54) is 6.21 Å². The van der Waals surface area contributed by atoms with E-state index >= 15 is 0 Å². The van der Waals surface area contributed by atoms with Crippen molar-refractivity contribution in [2.45, 2.75) is 13.8 Å². The van der Waals surface area contributed by atoms with Crippen LogP contribution in [0.25, 0.3) is 5.69 Å². The van der Waals surface area contributed by atoms with Gasteiger partial charge in [-0.05, 0) is 38.1 Å². The molecule has 3 rings (SSSR count). The van der Waals surface area contributed by atoms with Crippen LogP contribution >= 0.6 is 11.6 Å². The van der Waals surface area contributed by atoms with Crippen LogP contribution in [0.2, 0.25) is 5.02 Å². The Morgan fingerprint density at radius 3 is 2.48 bits per heavy atom. The van der Waals surface area contributed by atoms with Crippen molar-refractivity contribution in [2.75, 3.05) is 0 Å². The van der Waals surface area contributed by atoms with E-state index in [1.54, 1.807) is 6.07 Å². The van der Waals surface area contributed by atoms with Gasteiger partial charge in [0.25, 0.3) is 5.91 Å². The molecule has 4 nitrogen and oxygen atoms in total. The molecule has 25 heavy (non-hydrogen) atoms. The van der Waals surface area contributed by atoms with E-state index in [0.717, 1.165) is 22.6 Å². The highest BCUT2D eigenvalue weighted by atomic mass is 35.5. The fraction of sp³-hybridized carbons (Fsp3) is 0.100. The lowest BCUT2D eigenvalue weighted by molar-refractivity contribution is 0.0954. The first-order chi connectivity index (χ1) is 12.1. The van der Waals surface area contributed by atoms with E-state index in [2.05, 4.69) is 10.5 Å². The highest BCUT2D eigenvalue weighted by Gasteiger charge is 2.16. The SMILES string of the molecule is Cc1cc(C(=O)N/N=C/c2ccccc2Cl)c(C)n1-c1ccccc1. The lowest BCUT2D eigenvalue weighted by Gasteiger charge is -2.09. The molecule has 0 spiro atoms. The van der Waals surface area contributed by atoms with Crippen molar-refractivity contribution < 1.29 is 4.79 Å². The number of nitrogens with one attached hydrogen (secondary N) is 1. The average molecular weight is 352 g/mol. The molecule has 0 fully saturated rings. The van der Waals surface area contributed by atoms with Gasteiger partial charge in [0, 0.05) is 27.7 Å². The van der Waals surface area contributed by atoms with Gasteiger partial charge in [-0.1, -0.05) is 48.0 Å². The smallest absolute Gasteiger partial charge is 0.273 e. The van der Waals surface area contributed by atoms with Crippen LogP contribution in [0.4, 0.5) is 0 Å². The topological polar surface area (TPSA) is 46.4 Å². The molecule has 0 saturated heterocycles. The Morgan fingerprint density at radius 2 is 1.76 bits per heavy atom. The minimum Gasteiger partial charge on any atom is -0.318 e.